The van der Waals surface area contributed by atoms with Crippen molar-refractivity contribution in [1.82, 2.24) is 15.5 Å². The van der Waals surface area contributed by atoms with Gasteiger partial charge in [-0.15, -0.1) is 11.3 Å². The molecule has 0 radical (unpaired) electrons. The van der Waals surface area contributed by atoms with Crippen LogP contribution in [0.1, 0.15) is 22.5 Å². The number of imide groups is 1. The second kappa shape index (κ2) is 6.41. The fourth-order valence-electron chi connectivity index (χ4n) is 3.35. The molecule has 1 aromatic heterocycles. The van der Waals surface area contributed by atoms with Crippen LogP contribution in [0.3, 0.4) is 0 Å². The van der Waals surface area contributed by atoms with Crippen LogP contribution >= 0.6 is 22.9 Å². The third-order valence-corrected chi connectivity index (χ3v) is 6.24. The van der Waals surface area contributed by atoms with E-state index in [0.717, 1.165) is 10.4 Å². The Labute approximate surface area is 159 Å². The van der Waals surface area contributed by atoms with Crippen LogP contribution in [0, 0.1) is 0 Å². The number of hydrogen-bond donors (Lipinski definition) is 2. The van der Waals surface area contributed by atoms with Gasteiger partial charge in [-0.2, -0.15) is 0 Å². The third-order valence-electron chi connectivity index (χ3n) is 4.86. The van der Waals surface area contributed by atoms with E-state index in [0.29, 0.717) is 35.8 Å². The molecule has 134 valence electrons. The molecule has 2 saturated heterocycles. The maximum absolute atomic E-state index is 12.8. The summed E-state index contributed by atoms with van der Waals surface area (Å²) in [5, 5.41) is 5.65. The number of piperidine rings is 1. The van der Waals surface area contributed by atoms with Gasteiger partial charge in [0.05, 0.1) is 4.88 Å². The number of likely N-dealkylation sites (tertiary alicyclic amines) is 1. The molecule has 2 N–H and O–H groups in total. The van der Waals surface area contributed by atoms with E-state index < -0.39 is 11.6 Å². The molecule has 1 aromatic carbocycles. The lowest BCUT2D eigenvalue weighted by atomic mass is 9.87. The third kappa shape index (κ3) is 2.97. The van der Waals surface area contributed by atoms with Crippen molar-refractivity contribution in [3.63, 3.8) is 0 Å². The van der Waals surface area contributed by atoms with Gasteiger partial charge in [0.1, 0.15) is 5.54 Å². The molecule has 3 heterocycles. The molecule has 6 nitrogen and oxygen atoms in total. The number of hydrogen-bond acceptors (Lipinski definition) is 4. The number of carbonyl (C=O) groups excluding carboxylic acids is 3. The molecule has 0 aliphatic carbocycles. The number of amides is 4. The van der Waals surface area contributed by atoms with Crippen molar-refractivity contribution in [3.05, 3.63) is 46.3 Å². The van der Waals surface area contributed by atoms with Crippen LogP contribution in [0.5, 0.6) is 0 Å². The molecule has 4 rings (SSSR count). The molecule has 0 bridgehead atoms. The van der Waals surface area contributed by atoms with Gasteiger partial charge in [0, 0.05) is 23.0 Å². The molecule has 2 aliphatic heterocycles. The van der Waals surface area contributed by atoms with Gasteiger partial charge in [0.25, 0.3) is 11.8 Å². The topological polar surface area (TPSA) is 78.5 Å². The van der Waals surface area contributed by atoms with E-state index in [1.54, 1.807) is 4.90 Å². The molecular weight excluding hydrogens is 374 g/mol. The number of halogens is 1. The Morgan fingerprint density at radius 2 is 1.77 bits per heavy atom. The van der Waals surface area contributed by atoms with E-state index in [1.807, 2.05) is 36.4 Å². The fourth-order valence-corrected chi connectivity index (χ4v) is 4.46. The van der Waals surface area contributed by atoms with Crippen LogP contribution in [-0.2, 0) is 4.79 Å². The normalized spacial score (nSPS) is 18.7. The molecule has 26 heavy (non-hydrogen) atoms. The van der Waals surface area contributed by atoms with Crippen LogP contribution in [-0.4, -0.2) is 41.4 Å². The Kier molecular flexibility index (Phi) is 4.20. The molecular formula is C18H16ClN3O3S. The zero-order valence-corrected chi connectivity index (χ0v) is 15.3. The number of urea groups is 1. The van der Waals surface area contributed by atoms with Crippen LogP contribution < -0.4 is 10.6 Å². The smallest absolute Gasteiger partial charge is 0.322 e. The Bertz CT molecular complexity index is 885. The van der Waals surface area contributed by atoms with Gasteiger partial charge in [-0.1, -0.05) is 23.7 Å². The molecule has 8 heteroatoms. The highest BCUT2D eigenvalue weighted by Crippen LogP contribution is 2.31. The highest BCUT2D eigenvalue weighted by atomic mass is 35.5. The molecule has 2 aliphatic rings. The van der Waals surface area contributed by atoms with Gasteiger partial charge in [-0.3, -0.25) is 14.9 Å². The number of benzene rings is 1. The minimum Gasteiger partial charge on any atom is -0.338 e. The lowest BCUT2D eigenvalue weighted by Crippen LogP contribution is -2.55. The Morgan fingerprint density at radius 1 is 1.08 bits per heavy atom. The summed E-state index contributed by atoms with van der Waals surface area (Å²) in [6, 6.07) is 10.8. The molecule has 0 atom stereocenters. The summed E-state index contributed by atoms with van der Waals surface area (Å²) in [6.07, 6.45) is 0.845. The Hall–Kier alpha value is -2.38. The minimum atomic E-state index is -0.863. The highest BCUT2D eigenvalue weighted by molar-refractivity contribution is 7.17. The average Bonchev–Trinajstić information content (AvgIpc) is 3.21. The summed E-state index contributed by atoms with van der Waals surface area (Å²) in [6.45, 7) is 0.863. The number of nitrogens with one attached hydrogen (secondary N) is 2. The number of nitrogens with zero attached hydrogens (tertiary/aromatic N) is 1. The summed E-state index contributed by atoms with van der Waals surface area (Å²) in [5.74, 6) is -0.342. The van der Waals surface area contributed by atoms with Gasteiger partial charge in [-0.25, -0.2) is 4.79 Å². The zero-order chi connectivity index (χ0) is 18.3. The predicted octanol–water partition coefficient (Wildman–Crippen LogP) is 2.88. The Balaban J connectivity index is 1.45. The number of carbonyl (C=O) groups is 3. The average molecular weight is 390 g/mol. The first-order valence-electron chi connectivity index (χ1n) is 8.25. The molecule has 2 aromatic rings. The maximum atomic E-state index is 12.8. The SMILES string of the molecule is O=C1NC(=O)C2(CCN(C(=O)c3ccc(-c4ccc(Cl)cc4)s3)CC2)N1. The number of thiophene rings is 1. The fraction of sp³-hybridized carbons (Fsp3) is 0.278. The van der Waals surface area contributed by atoms with Crippen molar-refractivity contribution < 1.29 is 14.4 Å². The lowest BCUT2D eigenvalue weighted by molar-refractivity contribution is -0.125. The molecule has 2 fully saturated rings. The van der Waals surface area contributed by atoms with Crippen molar-refractivity contribution in [2.75, 3.05) is 13.1 Å². The Morgan fingerprint density at radius 3 is 2.38 bits per heavy atom. The van der Waals surface area contributed by atoms with Crippen LogP contribution in [0.4, 0.5) is 4.79 Å². The van der Waals surface area contributed by atoms with Crippen molar-refractivity contribution in [3.8, 4) is 10.4 Å². The van der Waals surface area contributed by atoms with Gasteiger partial charge in [0.15, 0.2) is 0 Å². The van der Waals surface area contributed by atoms with E-state index in [4.69, 9.17) is 11.6 Å². The standard InChI is InChI=1S/C18H16ClN3O3S/c19-12-3-1-11(2-4-12)13-5-6-14(26-13)15(23)22-9-7-18(8-10-22)16(24)20-17(25)21-18/h1-6H,7-10H2,(H2,20,21,24,25). The summed E-state index contributed by atoms with van der Waals surface area (Å²) in [5.41, 5.74) is 0.152. The van der Waals surface area contributed by atoms with Gasteiger partial charge in [-0.05, 0) is 42.7 Å². The van der Waals surface area contributed by atoms with Gasteiger partial charge >= 0.3 is 6.03 Å². The minimum absolute atomic E-state index is 0.0465. The zero-order valence-electron chi connectivity index (χ0n) is 13.8. The van der Waals surface area contributed by atoms with E-state index in [2.05, 4.69) is 10.6 Å². The van der Waals surface area contributed by atoms with E-state index in [9.17, 15) is 14.4 Å². The van der Waals surface area contributed by atoms with Gasteiger partial charge < -0.3 is 10.2 Å². The number of rotatable bonds is 2. The maximum Gasteiger partial charge on any atom is 0.322 e. The first-order chi connectivity index (χ1) is 12.5. The van der Waals surface area contributed by atoms with Crippen molar-refractivity contribution in [2.45, 2.75) is 18.4 Å². The highest BCUT2D eigenvalue weighted by Gasteiger charge is 2.48. The first-order valence-corrected chi connectivity index (χ1v) is 9.45. The summed E-state index contributed by atoms with van der Waals surface area (Å²) in [7, 11) is 0. The van der Waals surface area contributed by atoms with Crippen LogP contribution in [0.25, 0.3) is 10.4 Å². The second-order valence-electron chi connectivity index (χ2n) is 6.45. The summed E-state index contributed by atoms with van der Waals surface area (Å²) >= 11 is 7.35. The quantitative estimate of drug-likeness (QED) is 0.775. The van der Waals surface area contributed by atoms with Crippen molar-refractivity contribution >= 4 is 40.8 Å². The van der Waals surface area contributed by atoms with Crippen molar-refractivity contribution in [1.29, 1.82) is 0 Å². The predicted molar refractivity (Wildman–Crippen MR) is 99.3 cm³/mol. The van der Waals surface area contributed by atoms with E-state index >= 15 is 0 Å². The first kappa shape index (κ1) is 17.1. The lowest BCUT2D eigenvalue weighted by Gasteiger charge is -2.36. The molecule has 0 unspecified atom stereocenters. The molecule has 0 saturated carbocycles. The van der Waals surface area contributed by atoms with Crippen LogP contribution in [0.2, 0.25) is 5.02 Å². The van der Waals surface area contributed by atoms with Crippen molar-refractivity contribution in [2.24, 2.45) is 0 Å². The summed E-state index contributed by atoms with van der Waals surface area (Å²) < 4.78 is 0. The summed E-state index contributed by atoms with van der Waals surface area (Å²) in [4.78, 5) is 39.5. The van der Waals surface area contributed by atoms with Crippen LogP contribution in [0.15, 0.2) is 36.4 Å². The van der Waals surface area contributed by atoms with Gasteiger partial charge in [0.2, 0.25) is 0 Å². The monoisotopic (exact) mass is 389 g/mol. The van der Waals surface area contributed by atoms with E-state index in [-0.39, 0.29) is 11.8 Å². The molecule has 4 amide bonds. The molecule has 1 spiro atoms. The van der Waals surface area contributed by atoms with E-state index in [1.165, 1.54) is 11.3 Å². The second-order valence-corrected chi connectivity index (χ2v) is 7.97. The largest absolute Gasteiger partial charge is 0.338 e.